The van der Waals surface area contributed by atoms with Gasteiger partial charge in [0, 0.05) is 12.2 Å². The molecule has 8 heteroatoms. The minimum atomic E-state index is -0.995. The highest BCUT2D eigenvalue weighted by Crippen LogP contribution is 2.35. The van der Waals surface area contributed by atoms with Crippen molar-refractivity contribution in [2.45, 2.75) is 64.5 Å². The van der Waals surface area contributed by atoms with Crippen LogP contribution in [0.15, 0.2) is 18.2 Å². The summed E-state index contributed by atoms with van der Waals surface area (Å²) in [7, 11) is 0. The number of anilines is 1. The third kappa shape index (κ3) is 4.26. The lowest BCUT2D eigenvalue weighted by Crippen LogP contribution is -2.44. The smallest absolute Gasteiger partial charge is 0.325 e. The molecule has 4 amide bonds. The molecule has 3 rings (SSSR count). The van der Waals surface area contributed by atoms with Crippen molar-refractivity contribution in [3.63, 3.8) is 0 Å². The molecule has 0 unspecified atom stereocenters. The van der Waals surface area contributed by atoms with Gasteiger partial charge in [0.1, 0.15) is 5.54 Å². The lowest BCUT2D eigenvalue weighted by molar-refractivity contribution is -0.153. The van der Waals surface area contributed by atoms with Crippen molar-refractivity contribution in [3.8, 4) is 0 Å². The number of nitrogens with zero attached hydrogens (tertiary/aromatic N) is 1. The molecule has 2 aliphatic rings. The van der Waals surface area contributed by atoms with E-state index >= 15 is 0 Å². The van der Waals surface area contributed by atoms with Crippen molar-refractivity contribution in [2.75, 3.05) is 11.9 Å². The number of ether oxygens (including phenoxy) is 1. The van der Waals surface area contributed by atoms with Crippen molar-refractivity contribution in [1.29, 1.82) is 0 Å². The zero-order valence-electron chi connectivity index (χ0n) is 17.0. The van der Waals surface area contributed by atoms with Gasteiger partial charge in [-0.05, 0) is 44.7 Å². The number of para-hydroxylation sites is 1. The number of amides is 4. The van der Waals surface area contributed by atoms with Crippen LogP contribution in [0.3, 0.4) is 0 Å². The molecule has 0 bridgehead atoms. The summed E-state index contributed by atoms with van der Waals surface area (Å²) in [6.07, 6.45) is 1.91. The number of hydrogen-bond donors (Lipinski definition) is 2. The third-order valence-electron chi connectivity index (χ3n) is 5.65. The number of esters is 1. The quantitative estimate of drug-likeness (QED) is 0.563. The minimum Gasteiger partial charge on any atom is -0.452 e. The first-order valence-corrected chi connectivity index (χ1v) is 9.94. The lowest BCUT2D eigenvalue weighted by Gasteiger charge is -2.20. The molecule has 1 aliphatic heterocycles. The van der Waals surface area contributed by atoms with Gasteiger partial charge in [0.15, 0.2) is 6.10 Å². The molecule has 1 aliphatic carbocycles. The summed E-state index contributed by atoms with van der Waals surface area (Å²) >= 11 is 0. The number of carbonyl (C=O) groups is 4. The molecule has 1 spiro atoms. The second-order valence-electron chi connectivity index (χ2n) is 7.81. The minimum absolute atomic E-state index is 0.0590. The molecule has 1 aromatic carbocycles. The standard InChI is InChI=1S/C21H27N3O5/c1-13-7-6-8-14(2)17(13)22-18(26)15(3)29-16(25)9-12-24-19(27)21(23-20(24)28)10-4-5-11-21/h6-8,15H,4-5,9-12H2,1-3H3,(H,22,26)(H,23,28)/t15-/m1/s1. The first-order valence-electron chi connectivity index (χ1n) is 9.94. The van der Waals surface area contributed by atoms with Crippen LogP contribution in [-0.2, 0) is 19.1 Å². The topological polar surface area (TPSA) is 105 Å². The Balaban J connectivity index is 1.51. The van der Waals surface area contributed by atoms with E-state index in [-0.39, 0.29) is 18.9 Å². The van der Waals surface area contributed by atoms with E-state index in [0.717, 1.165) is 28.9 Å². The Morgan fingerprint density at radius 2 is 1.83 bits per heavy atom. The van der Waals surface area contributed by atoms with Crippen LogP contribution in [0, 0.1) is 13.8 Å². The lowest BCUT2D eigenvalue weighted by atomic mass is 9.98. The molecule has 2 fully saturated rings. The Morgan fingerprint density at radius 3 is 2.45 bits per heavy atom. The van der Waals surface area contributed by atoms with Gasteiger partial charge in [-0.25, -0.2) is 4.79 Å². The number of urea groups is 1. The maximum absolute atomic E-state index is 12.6. The number of hydrogen-bond acceptors (Lipinski definition) is 5. The van der Waals surface area contributed by atoms with Crippen molar-refractivity contribution < 1.29 is 23.9 Å². The van der Waals surface area contributed by atoms with Gasteiger partial charge in [-0.2, -0.15) is 0 Å². The average molecular weight is 401 g/mol. The van der Waals surface area contributed by atoms with Gasteiger partial charge < -0.3 is 15.4 Å². The largest absolute Gasteiger partial charge is 0.452 e. The summed E-state index contributed by atoms with van der Waals surface area (Å²) in [5.41, 5.74) is 1.73. The number of imide groups is 1. The Bertz CT molecular complexity index is 824. The maximum Gasteiger partial charge on any atom is 0.325 e. The summed E-state index contributed by atoms with van der Waals surface area (Å²) < 4.78 is 5.19. The van der Waals surface area contributed by atoms with Gasteiger partial charge in [-0.15, -0.1) is 0 Å². The van der Waals surface area contributed by atoms with E-state index in [0.29, 0.717) is 18.5 Å². The summed E-state index contributed by atoms with van der Waals surface area (Å²) in [5, 5.41) is 5.55. The van der Waals surface area contributed by atoms with Crippen LogP contribution >= 0.6 is 0 Å². The van der Waals surface area contributed by atoms with Gasteiger partial charge in [0.2, 0.25) is 0 Å². The molecule has 2 N–H and O–H groups in total. The molecule has 1 atom stereocenters. The molecule has 29 heavy (non-hydrogen) atoms. The number of benzene rings is 1. The van der Waals surface area contributed by atoms with Crippen molar-refractivity contribution in [2.24, 2.45) is 0 Å². The van der Waals surface area contributed by atoms with Gasteiger partial charge in [-0.3, -0.25) is 19.3 Å². The molecule has 1 saturated heterocycles. The Kier molecular flexibility index (Phi) is 5.91. The van der Waals surface area contributed by atoms with E-state index in [1.165, 1.54) is 6.92 Å². The number of carbonyl (C=O) groups excluding carboxylic acids is 4. The number of rotatable bonds is 6. The maximum atomic E-state index is 12.6. The van der Waals surface area contributed by atoms with Crippen molar-refractivity contribution in [3.05, 3.63) is 29.3 Å². The fraction of sp³-hybridized carbons (Fsp3) is 0.524. The van der Waals surface area contributed by atoms with E-state index < -0.39 is 29.6 Å². The van der Waals surface area contributed by atoms with Crippen LogP contribution in [-0.4, -0.2) is 46.9 Å². The van der Waals surface area contributed by atoms with Crippen LogP contribution in [0.4, 0.5) is 10.5 Å². The van der Waals surface area contributed by atoms with Gasteiger partial charge >= 0.3 is 12.0 Å². The van der Waals surface area contributed by atoms with Gasteiger partial charge in [0.05, 0.1) is 6.42 Å². The highest BCUT2D eigenvalue weighted by atomic mass is 16.5. The Labute approximate surface area is 170 Å². The first kappa shape index (κ1) is 20.8. The van der Waals surface area contributed by atoms with Crippen molar-refractivity contribution in [1.82, 2.24) is 10.2 Å². The van der Waals surface area contributed by atoms with Crippen LogP contribution in [0.5, 0.6) is 0 Å². The second-order valence-corrected chi connectivity index (χ2v) is 7.81. The Morgan fingerprint density at radius 1 is 1.21 bits per heavy atom. The van der Waals surface area contributed by atoms with E-state index in [4.69, 9.17) is 4.74 Å². The molecule has 1 saturated carbocycles. The summed E-state index contributed by atoms with van der Waals surface area (Å²) in [6, 6.07) is 5.20. The predicted octanol–water partition coefficient (Wildman–Crippen LogP) is 2.43. The SMILES string of the molecule is Cc1cccc(C)c1NC(=O)[C@@H](C)OC(=O)CCN1C(=O)NC2(CCCC2)C1=O. The predicted molar refractivity (Wildman–Crippen MR) is 106 cm³/mol. The molecule has 0 radical (unpaired) electrons. The first-order chi connectivity index (χ1) is 13.7. The molecule has 1 aromatic rings. The fourth-order valence-corrected chi connectivity index (χ4v) is 3.95. The van der Waals surface area contributed by atoms with E-state index in [1.807, 2.05) is 32.0 Å². The zero-order chi connectivity index (χ0) is 21.2. The molecular formula is C21H27N3O5. The Hall–Kier alpha value is -2.90. The molecule has 156 valence electrons. The molecule has 8 nitrogen and oxygen atoms in total. The average Bonchev–Trinajstić information content (AvgIpc) is 3.22. The third-order valence-corrected chi connectivity index (χ3v) is 5.65. The van der Waals surface area contributed by atoms with Gasteiger partial charge in [-0.1, -0.05) is 31.0 Å². The monoisotopic (exact) mass is 401 g/mol. The van der Waals surface area contributed by atoms with Crippen LogP contribution in [0.1, 0.15) is 50.2 Å². The fourth-order valence-electron chi connectivity index (χ4n) is 3.95. The number of nitrogens with one attached hydrogen (secondary N) is 2. The zero-order valence-corrected chi connectivity index (χ0v) is 17.0. The summed E-state index contributed by atoms with van der Waals surface area (Å²) in [5.74, 6) is -1.34. The van der Waals surface area contributed by atoms with Crippen LogP contribution in [0.25, 0.3) is 0 Å². The highest BCUT2D eigenvalue weighted by Gasteiger charge is 2.52. The highest BCUT2D eigenvalue weighted by molar-refractivity contribution is 6.07. The van der Waals surface area contributed by atoms with Crippen LogP contribution < -0.4 is 10.6 Å². The van der Waals surface area contributed by atoms with Crippen LogP contribution in [0.2, 0.25) is 0 Å². The molecular weight excluding hydrogens is 374 g/mol. The van der Waals surface area contributed by atoms with E-state index in [2.05, 4.69) is 10.6 Å². The molecule has 1 heterocycles. The van der Waals surface area contributed by atoms with E-state index in [1.54, 1.807) is 0 Å². The van der Waals surface area contributed by atoms with Crippen molar-refractivity contribution >= 4 is 29.5 Å². The number of aryl methyl sites for hydroxylation is 2. The normalized spacial score (nSPS) is 18.7. The van der Waals surface area contributed by atoms with Gasteiger partial charge in [0.25, 0.3) is 11.8 Å². The summed E-state index contributed by atoms with van der Waals surface area (Å²) in [4.78, 5) is 50.3. The van der Waals surface area contributed by atoms with E-state index in [9.17, 15) is 19.2 Å². The molecule has 0 aromatic heterocycles. The summed E-state index contributed by atoms with van der Waals surface area (Å²) in [6.45, 7) is 5.20. The second kappa shape index (κ2) is 8.23.